The zero-order valence-electron chi connectivity index (χ0n) is 18.0. The third-order valence-electron chi connectivity index (χ3n) is 5.14. The molecule has 1 fully saturated rings. The van der Waals surface area contributed by atoms with Gasteiger partial charge in [0.2, 0.25) is 5.91 Å². The minimum absolute atomic E-state index is 0. The Bertz CT molecular complexity index is 637. The molecule has 0 saturated carbocycles. The normalized spacial score (nSPS) is 17.4. The van der Waals surface area contributed by atoms with Gasteiger partial charge in [0.25, 0.3) is 0 Å². The minimum atomic E-state index is -0.171. The number of carbonyl (C=O) groups is 1. The van der Waals surface area contributed by atoms with E-state index in [2.05, 4.69) is 53.6 Å². The Labute approximate surface area is 193 Å². The highest BCUT2D eigenvalue weighted by Crippen LogP contribution is 2.19. The number of aliphatic imine (C=N–C) groups is 1. The second kappa shape index (κ2) is 14.6. The average molecular weight is 515 g/mol. The van der Waals surface area contributed by atoms with Crippen LogP contribution in [0.15, 0.2) is 29.3 Å². The van der Waals surface area contributed by atoms with E-state index in [-0.39, 0.29) is 35.8 Å². The minimum Gasteiger partial charge on any atom is -0.369 e. The highest BCUT2D eigenvalue weighted by molar-refractivity contribution is 14.0. The molecule has 1 heterocycles. The molecular formula is C22H38IN5O. The van der Waals surface area contributed by atoms with Crippen molar-refractivity contribution in [3.05, 3.63) is 35.4 Å². The summed E-state index contributed by atoms with van der Waals surface area (Å²) in [5.41, 5.74) is 7.96. The van der Waals surface area contributed by atoms with E-state index in [9.17, 15) is 4.79 Å². The highest BCUT2D eigenvalue weighted by atomic mass is 127. The van der Waals surface area contributed by atoms with Gasteiger partial charge in [-0.2, -0.15) is 0 Å². The predicted octanol–water partition coefficient (Wildman–Crippen LogP) is 3.25. The van der Waals surface area contributed by atoms with E-state index < -0.39 is 0 Å². The number of piperidine rings is 1. The summed E-state index contributed by atoms with van der Waals surface area (Å²) in [6.07, 6.45) is 5.58. The molecule has 1 aromatic carbocycles. The number of primary amides is 1. The van der Waals surface area contributed by atoms with Crippen molar-refractivity contribution in [1.82, 2.24) is 15.5 Å². The summed E-state index contributed by atoms with van der Waals surface area (Å²) in [5.74, 6) is 0.697. The van der Waals surface area contributed by atoms with Gasteiger partial charge >= 0.3 is 0 Å². The number of guanidine groups is 1. The van der Waals surface area contributed by atoms with E-state index in [1.165, 1.54) is 30.4 Å². The van der Waals surface area contributed by atoms with Crippen LogP contribution in [-0.2, 0) is 17.9 Å². The maximum Gasteiger partial charge on any atom is 0.221 e. The van der Waals surface area contributed by atoms with Gasteiger partial charge in [0.1, 0.15) is 0 Å². The van der Waals surface area contributed by atoms with Gasteiger partial charge in [-0.3, -0.25) is 9.69 Å². The van der Waals surface area contributed by atoms with Crippen molar-refractivity contribution in [2.45, 2.75) is 59.0 Å². The fourth-order valence-electron chi connectivity index (χ4n) is 3.61. The lowest BCUT2D eigenvalue weighted by molar-refractivity contribution is -0.123. The van der Waals surface area contributed by atoms with E-state index in [1.807, 2.05) is 0 Å². The van der Waals surface area contributed by atoms with E-state index in [4.69, 9.17) is 10.7 Å². The quantitative estimate of drug-likeness (QED) is 0.193. The summed E-state index contributed by atoms with van der Waals surface area (Å²) < 4.78 is 0. The second-order valence-electron chi connectivity index (χ2n) is 7.63. The van der Waals surface area contributed by atoms with Gasteiger partial charge in [-0.25, -0.2) is 4.99 Å². The van der Waals surface area contributed by atoms with E-state index in [0.29, 0.717) is 6.54 Å². The third-order valence-corrected chi connectivity index (χ3v) is 5.14. The molecule has 0 radical (unpaired) electrons. The monoisotopic (exact) mass is 515 g/mol. The zero-order valence-corrected chi connectivity index (χ0v) is 20.3. The van der Waals surface area contributed by atoms with Crippen LogP contribution in [0.3, 0.4) is 0 Å². The number of rotatable bonds is 10. The molecule has 0 bridgehead atoms. The number of carbonyl (C=O) groups excluding carboxylic acids is 1. The number of nitrogens with two attached hydrogens (primary N) is 1. The number of nitrogens with one attached hydrogen (secondary N) is 2. The summed E-state index contributed by atoms with van der Waals surface area (Å²) in [6.45, 7) is 9.41. The molecule has 0 spiro atoms. The summed E-state index contributed by atoms with van der Waals surface area (Å²) in [4.78, 5) is 18.5. The summed E-state index contributed by atoms with van der Waals surface area (Å²) in [5, 5.41) is 6.72. The average Bonchev–Trinajstić information content (AvgIpc) is 2.70. The van der Waals surface area contributed by atoms with Crippen LogP contribution in [-0.4, -0.2) is 42.9 Å². The Morgan fingerprint density at radius 1 is 1.24 bits per heavy atom. The fraction of sp³-hybridized carbons (Fsp3) is 0.636. The lowest BCUT2D eigenvalue weighted by Crippen LogP contribution is -2.40. The molecule has 4 N–H and O–H groups in total. The topological polar surface area (TPSA) is 82.8 Å². The lowest BCUT2D eigenvalue weighted by atomic mass is 9.97. The standard InChI is InChI=1S/C22H37N5O.HI/c1-3-5-6-12-25-22(24-4-2)26-15-18-9-7-10-19(14-18)16-27-13-8-11-20(17-27)21(23)28;/h7,9-10,14,20H,3-6,8,11-13,15-17H2,1-2H3,(H2,23,28)(H2,24,25,26);1H. The molecule has 1 unspecified atom stereocenters. The first-order chi connectivity index (χ1) is 13.6. The molecule has 29 heavy (non-hydrogen) atoms. The molecule has 1 aliphatic rings. The molecule has 1 aromatic rings. The molecule has 6 nitrogen and oxygen atoms in total. The maximum atomic E-state index is 11.5. The molecule has 1 saturated heterocycles. The first-order valence-electron chi connectivity index (χ1n) is 10.7. The van der Waals surface area contributed by atoms with E-state index in [0.717, 1.165) is 51.5 Å². The number of unbranched alkanes of at least 4 members (excludes halogenated alkanes) is 2. The molecule has 164 valence electrons. The molecule has 7 heteroatoms. The van der Waals surface area contributed by atoms with Crippen molar-refractivity contribution in [1.29, 1.82) is 0 Å². The Kier molecular flexibility index (Phi) is 12.9. The smallest absolute Gasteiger partial charge is 0.221 e. The van der Waals surface area contributed by atoms with Crippen LogP contribution in [0.5, 0.6) is 0 Å². The van der Waals surface area contributed by atoms with Crippen molar-refractivity contribution in [2.75, 3.05) is 26.2 Å². The van der Waals surface area contributed by atoms with Crippen molar-refractivity contribution < 1.29 is 4.79 Å². The van der Waals surface area contributed by atoms with Crippen LogP contribution in [0.4, 0.5) is 0 Å². The fourth-order valence-corrected chi connectivity index (χ4v) is 3.61. The van der Waals surface area contributed by atoms with Crippen LogP contribution in [0.1, 0.15) is 57.1 Å². The molecule has 1 aliphatic heterocycles. The zero-order chi connectivity index (χ0) is 20.2. The van der Waals surface area contributed by atoms with Crippen LogP contribution in [0.2, 0.25) is 0 Å². The molecule has 0 aromatic heterocycles. The van der Waals surface area contributed by atoms with E-state index >= 15 is 0 Å². The van der Waals surface area contributed by atoms with Crippen molar-refractivity contribution in [3.63, 3.8) is 0 Å². The number of nitrogens with zero attached hydrogens (tertiary/aromatic N) is 2. The lowest BCUT2D eigenvalue weighted by Gasteiger charge is -2.31. The van der Waals surface area contributed by atoms with Gasteiger partial charge < -0.3 is 16.4 Å². The summed E-state index contributed by atoms with van der Waals surface area (Å²) in [7, 11) is 0. The van der Waals surface area contributed by atoms with Gasteiger partial charge in [0.15, 0.2) is 5.96 Å². The van der Waals surface area contributed by atoms with Gasteiger partial charge in [-0.15, -0.1) is 24.0 Å². The van der Waals surface area contributed by atoms with Gasteiger partial charge in [0.05, 0.1) is 12.5 Å². The predicted molar refractivity (Wildman–Crippen MR) is 131 cm³/mol. The third kappa shape index (κ3) is 9.80. The number of benzene rings is 1. The van der Waals surface area contributed by atoms with Crippen LogP contribution < -0.4 is 16.4 Å². The highest BCUT2D eigenvalue weighted by Gasteiger charge is 2.23. The van der Waals surface area contributed by atoms with Crippen molar-refractivity contribution >= 4 is 35.8 Å². The summed E-state index contributed by atoms with van der Waals surface area (Å²) >= 11 is 0. The Morgan fingerprint density at radius 2 is 2.03 bits per heavy atom. The molecule has 1 atom stereocenters. The van der Waals surface area contributed by atoms with Gasteiger partial charge in [0, 0.05) is 26.2 Å². The first-order valence-corrected chi connectivity index (χ1v) is 10.7. The number of hydrogen-bond donors (Lipinski definition) is 3. The molecule has 0 aliphatic carbocycles. The molecule has 1 amide bonds. The number of amides is 1. The first kappa shape index (κ1) is 25.7. The second-order valence-corrected chi connectivity index (χ2v) is 7.63. The van der Waals surface area contributed by atoms with Crippen molar-refractivity contribution in [3.8, 4) is 0 Å². The molecule has 2 rings (SSSR count). The van der Waals surface area contributed by atoms with Crippen LogP contribution >= 0.6 is 24.0 Å². The summed E-state index contributed by atoms with van der Waals surface area (Å²) in [6, 6.07) is 8.58. The largest absolute Gasteiger partial charge is 0.369 e. The van der Waals surface area contributed by atoms with Gasteiger partial charge in [-0.1, -0.05) is 44.0 Å². The van der Waals surface area contributed by atoms with Crippen LogP contribution in [0.25, 0.3) is 0 Å². The van der Waals surface area contributed by atoms with E-state index in [1.54, 1.807) is 0 Å². The number of likely N-dealkylation sites (tertiary alicyclic amines) is 1. The maximum absolute atomic E-state index is 11.5. The van der Waals surface area contributed by atoms with Gasteiger partial charge in [-0.05, 0) is 43.9 Å². The Balaban J connectivity index is 0.00000420. The Hall–Kier alpha value is -1.35. The SMILES string of the molecule is CCCCCNC(=NCc1cccc(CN2CCCC(C(N)=O)C2)c1)NCC.I. The van der Waals surface area contributed by atoms with Crippen LogP contribution in [0, 0.1) is 5.92 Å². The Morgan fingerprint density at radius 3 is 2.76 bits per heavy atom. The molecular weight excluding hydrogens is 477 g/mol. The number of hydrogen-bond acceptors (Lipinski definition) is 3. The van der Waals surface area contributed by atoms with Crippen molar-refractivity contribution in [2.24, 2.45) is 16.6 Å². The number of halogens is 1.